The molecule has 0 spiro atoms. The highest BCUT2D eigenvalue weighted by Gasteiger charge is 2.19. The fraction of sp³-hybridized carbons (Fsp3) is 0.818. The molecule has 0 N–H and O–H groups in total. The molecule has 0 saturated heterocycles. The quantitative estimate of drug-likeness (QED) is 0.444. The second-order valence-corrected chi connectivity index (χ2v) is 4.39. The summed E-state index contributed by atoms with van der Waals surface area (Å²) in [5.41, 5.74) is 1.75. The van der Waals surface area contributed by atoms with Gasteiger partial charge < -0.3 is 0 Å². The molecule has 0 bridgehead atoms. The number of rotatable bonds is 5. The second-order valence-electron chi connectivity index (χ2n) is 4.12. The summed E-state index contributed by atoms with van der Waals surface area (Å²) in [5.74, 6) is 0.778. The molecule has 0 heterocycles. The zero-order valence-electron chi connectivity index (χ0n) is 8.78. The molecule has 0 radical (unpaired) electrons. The number of halogens is 1. The van der Waals surface area contributed by atoms with Crippen LogP contribution in [0.2, 0.25) is 0 Å². The van der Waals surface area contributed by atoms with Gasteiger partial charge in [0.05, 0.1) is 0 Å². The van der Waals surface area contributed by atoms with Crippen LogP contribution in [-0.4, -0.2) is 5.88 Å². The van der Waals surface area contributed by atoms with Gasteiger partial charge in [0.1, 0.15) is 0 Å². The third-order valence-electron chi connectivity index (χ3n) is 2.48. The first kappa shape index (κ1) is 12.0. The van der Waals surface area contributed by atoms with Crippen LogP contribution in [0.4, 0.5) is 0 Å². The Morgan fingerprint density at radius 2 is 2.00 bits per heavy atom. The summed E-state index contributed by atoms with van der Waals surface area (Å²) in [6.07, 6.45) is 5.84. The van der Waals surface area contributed by atoms with Crippen molar-refractivity contribution in [2.45, 2.75) is 47.0 Å². The molecular weight excluding hydrogens is 168 g/mol. The minimum Gasteiger partial charge on any atom is -0.126 e. The summed E-state index contributed by atoms with van der Waals surface area (Å²) in [6, 6.07) is 0. The smallest absolute Gasteiger partial charge is 0.0277 e. The van der Waals surface area contributed by atoms with E-state index in [0.29, 0.717) is 5.41 Å². The maximum atomic E-state index is 5.90. The van der Waals surface area contributed by atoms with Gasteiger partial charge >= 0.3 is 0 Å². The largest absolute Gasteiger partial charge is 0.126 e. The van der Waals surface area contributed by atoms with Crippen molar-refractivity contribution < 1.29 is 0 Å². The Hall–Kier alpha value is 0.0300. The van der Waals surface area contributed by atoms with Crippen molar-refractivity contribution in [1.82, 2.24) is 0 Å². The number of hydrogen-bond donors (Lipinski definition) is 0. The second kappa shape index (κ2) is 5.64. The molecule has 0 saturated carbocycles. The van der Waals surface area contributed by atoms with E-state index in [0.717, 1.165) is 5.88 Å². The molecule has 1 atom stereocenters. The van der Waals surface area contributed by atoms with Crippen LogP contribution in [0.1, 0.15) is 47.0 Å². The van der Waals surface area contributed by atoms with Crippen LogP contribution < -0.4 is 0 Å². The van der Waals surface area contributed by atoms with Crippen molar-refractivity contribution in [1.29, 1.82) is 0 Å². The van der Waals surface area contributed by atoms with Crippen molar-refractivity contribution in [3.8, 4) is 0 Å². The van der Waals surface area contributed by atoms with Crippen molar-refractivity contribution >= 4 is 11.6 Å². The zero-order chi connectivity index (χ0) is 9.61. The van der Waals surface area contributed by atoms with Crippen LogP contribution in [0.15, 0.2) is 11.6 Å². The maximum Gasteiger partial charge on any atom is 0.0277 e. The predicted octanol–water partition coefficient (Wildman–Crippen LogP) is 4.39. The molecule has 0 rings (SSSR count). The highest BCUT2D eigenvalue weighted by molar-refractivity contribution is 6.18. The van der Waals surface area contributed by atoms with Gasteiger partial charge in [-0.05, 0) is 38.5 Å². The Morgan fingerprint density at radius 3 is 2.33 bits per heavy atom. The van der Waals surface area contributed by atoms with E-state index in [-0.39, 0.29) is 0 Å². The summed E-state index contributed by atoms with van der Waals surface area (Å²) in [7, 11) is 0. The van der Waals surface area contributed by atoms with Gasteiger partial charge in [0, 0.05) is 5.88 Å². The Labute approximate surface area is 82.0 Å². The fourth-order valence-electron chi connectivity index (χ4n) is 1.05. The lowest BCUT2D eigenvalue weighted by molar-refractivity contribution is 0.331. The Morgan fingerprint density at radius 1 is 1.42 bits per heavy atom. The van der Waals surface area contributed by atoms with Crippen molar-refractivity contribution in [3.63, 3.8) is 0 Å². The van der Waals surface area contributed by atoms with Crippen molar-refractivity contribution in [2.24, 2.45) is 5.41 Å². The van der Waals surface area contributed by atoms with Crippen LogP contribution >= 0.6 is 11.6 Å². The lowest BCUT2D eigenvalue weighted by Crippen LogP contribution is -2.16. The summed E-state index contributed by atoms with van der Waals surface area (Å²) >= 11 is 5.90. The molecule has 72 valence electrons. The monoisotopic (exact) mass is 188 g/mol. The van der Waals surface area contributed by atoms with Gasteiger partial charge in [0.25, 0.3) is 0 Å². The van der Waals surface area contributed by atoms with E-state index < -0.39 is 0 Å². The van der Waals surface area contributed by atoms with Gasteiger partial charge in [-0.25, -0.2) is 0 Å². The van der Waals surface area contributed by atoms with Crippen molar-refractivity contribution in [2.75, 3.05) is 5.88 Å². The van der Waals surface area contributed by atoms with Gasteiger partial charge in [-0.2, -0.15) is 0 Å². The first-order valence-corrected chi connectivity index (χ1v) is 5.27. The van der Waals surface area contributed by atoms with E-state index in [1.807, 2.05) is 0 Å². The lowest BCUT2D eigenvalue weighted by atomic mass is 9.85. The van der Waals surface area contributed by atoms with Crippen LogP contribution in [-0.2, 0) is 0 Å². The molecule has 0 aromatic heterocycles. The first-order chi connectivity index (χ1) is 5.54. The van der Waals surface area contributed by atoms with E-state index in [4.69, 9.17) is 11.6 Å². The van der Waals surface area contributed by atoms with Gasteiger partial charge in [0.2, 0.25) is 0 Å². The van der Waals surface area contributed by atoms with E-state index in [1.165, 1.54) is 24.8 Å². The summed E-state index contributed by atoms with van der Waals surface area (Å²) in [5, 5.41) is 0. The average Bonchev–Trinajstić information content (AvgIpc) is 2.03. The van der Waals surface area contributed by atoms with E-state index in [9.17, 15) is 0 Å². The van der Waals surface area contributed by atoms with Gasteiger partial charge in [-0.15, -0.1) is 11.6 Å². The van der Waals surface area contributed by atoms with E-state index in [1.54, 1.807) is 0 Å². The number of alkyl halides is 1. The van der Waals surface area contributed by atoms with E-state index >= 15 is 0 Å². The maximum absolute atomic E-state index is 5.90. The Balaban J connectivity index is 3.81. The van der Waals surface area contributed by atoms with Gasteiger partial charge in [-0.3, -0.25) is 0 Å². The minimum absolute atomic E-state index is 0.341. The highest BCUT2D eigenvalue weighted by atomic mass is 35.5. The molecule has 12 heavy (non-hydrogen) atoms. The summed E-state index contributed by atoms with van der Waals surface area (Å²) in [6.45, 7) is 8.76. The summed E-state index contributed by atoms with van der Waals surface area (Å²) in [4.78, 5) is 0. The molecular formula is C11H21Cl. The molecule has 1 unspecified atom stereocenters. The van der Waals surface area contributed by atoms with Gasteiger partial charge in [-0.1, -0.05) is 25.5 Å². The molecule has 1 heteroatoms. The van der Waals surface area contributed by atoms with Crippen LogP contribution in [0.25, 0.3) is 0 Å². The molecule has 0 aliphatic carbocycles. The first-order valence-electron chi connectivity index (χ1n) is 4.73. The van der Waals surface area contributed by atoms with E-state index in [2.05, 4.69) is 33.8 Å². The standard InChI is InChI=1S/C11H21Cl/c1-5-11(4,9-12)8-6-7-10(2)3/h7H,5-6,8-9H2,1-4H3. The van der Waals surface area contributed by atoms with Crippen LogP contribution in [0, 0.1) is 5.41 Å². The molecule has 0 aliphatic rings. The van der Waals surface area contributed by atoms with Gasteiger partial charge in [0.15, 0.2) is 0 Å². The third kappa shape index (κ3) is 4.82. The molecule has 0 aromatic carbocycles. The van der Waals surface area contributed by atoms with Crippen LogP contribution in [0.5, 0.6) is 0 Å². The molecule has 0 aliphatic heterocycles. The molecule has 0 amide bonds. The SMILES string of the molecule is CCC(C)(CCl)CCC=C(C)C. The topological polar surface area (TPSA) is 0 Å². The van der Waals surface area contributed by atoms with Crippen molar-refractivity contribution in [3.05, 3.63) is 11.6 Å². The zero-order valence-corrected chi connectivity index (χ0v) is 9.54. The third-order valence-corrected chi connectivity index (χ3v) is 3.12. The molecule has 0 aromatic rings. The predicted molar refractivity (Wildman–Crippen MR) is 57.8 cm³/mol. The Kier molecular flexibility index (Phi) is 5.65. The highest BCUT2D eigenvalue weighted by Crippen LogP contribution is 2.28. The normalized spacial score (nSPS) is 15.4. The number of allylic oxidation sites excluding steroid dienone is 2. The molecule has 0 fully saturated rings. The van der Waals surface area contributed by atoms with Crippen LogP contribution in [0.3, 0.4) is 0 Å². The molecule has 0 nitrogen and oxygen atoms in total. The number of hydrogen-bond acceptors (Lipinski definition) is 0. The summed E-state index contributed by atoms with van der Waals surface area (Å²) < 4.78 is 0. The lowest BCUT2D eigenvalue weighted by Gasteiger charge is -2.24. The minimum atomic E-state index is 0.341. The Bertz CT molecular complexity index is 139. The fourth-order valence-corrected chi connectivity index (χ4v) is 1.37. The average molecular weight is 189 g/mol.